The Morgan fingerprint density at radius 3 is 3.00 bits per heavy atom. The van der Waals surface area contributed by atoms with Crippen LogP contribution in [0.25, 0.3) is 0 Å². The van der Waals surface area contributed by atoms with Gasteiger partial charge in [0.1, 0.15) is 0 Å². The molecular formula is C9H13N3. The number of aromatic nitrogens is 2. The Kier molecular flexibility index (Phi) is 1.61. The fraction of sp³-hybridized carbons (Fsp3) is 0.556. The van der Waals surface area contributed by atoms with Gasteiger partial charge in [0.15, 0.2) is 0 Å². The molecule has 0 aliphatic heterocycles. The van der Waals surface area contributed by atoms with Gasteiger partial charge in [-0.25, -0.2) is 0 Å². The van der Waals surface area contributed by atoms with Gasteiger partial charge in [0.25, 0.3) is 0 Å². The third-order valence-electron chi connectivity index (χ3n) is 2.84. The maximum atomic E-state index is 5.60. The van der Waals surface area contributed by atoms with Crippen molar-refractivity contribution in [2.24, 2.45) is 11.7 Å². The van der Waals surface area contributed by atoms with Crippen LogP contribution in [0.15, 0.2) is 18.6 Å². The summed E-state index contributed by atoms with van der Waals surface area (Å²) in [4.78, 5) is 8.35. The lowest BCUT2D eigenvalue weighted by atomic mass is 10.0. The van der Waals surface area contributed by atoms with Crippen LogP contribution in [0.1, 0.15) is 19.0 Å². The summed E-state index contributed by atoms with van der Waals surface area (Å²) in [6, 6.07) is 0. The highest BCUT2D eigenvalue weighted by Gasteiger charge is 2.51. The van der Waals surface area contributed by atoms with Gasteiger partial charge in [0, 0.05) is 24.0 Å². The van der Waals surface area contributed by atoms with Gasteiger partial charge >= 0.3 is 0 Å². The molecule has 0 radical (unpaired) electrons. The summed E-state index contributed by atoms with van der Waals surface area (Å²) >= 11 is 0. The molecule has 0 bridgehead atoms. The topological polar surface area (TPSA) is 51.8 Å². The number of hydrogen-bond donors (Lipinski definition) is 1. The van der Waals surface area contributed by atoms with Gasteiger partial charge in [-0.05, 0) is 18.9 Å². The normalized spacial score (nSPS) is 33.3. The summed E-state index contributed by atoms with van der Waals surface area (Å²) < 4.78 is 0. The summed E-state index contributed by atoms with van der Waals surface area (Å²) in [6.07, 6.45) is 6.44. The molecule has 0 saturated heterocycles. The zero-order valence-electron chi connectivity index (χ0n) is 7.20. The molecule has 0 spiro atoms. The van der Waals surface area contributed by atoms with Gasteiger partial charge in [-0.15, -0.1) is 0 Å². The van der Waals surface area contributed by atoms with E-state index in [0.717, 1.165) is 18.7 Å². The largest absolute Gasteiger partial charge is 0.330 e. The molecule has 3 nitrogen and oxygen atoms in total. The van der Waals surface area contributed by atoms with Crippen molar-refractivity contribution in [3.8, 4) is 0 Å². The molecule has 2 atom stereocenters. The van der Waals surface area contributed by atoms with Crippen LogP contribution in [-0.2, 0) is 5.41 Å². The second-order valence-electron chi connectivity index (χ2n) is 3.64. The molecule has 1 fully saturated rings. The van der Waals surface area contributed by atoms with Crippen molar-refractivity contribution < 1.29 is 0 Å². The van der Waals surface area contributed by atoms with E-state index in [9.17, 15) is 0 Å². The van der Waals surface area contributed by atoms with Crippen LogP contribution in [0, 0.1) is 5.92 Å². The molecule has 1 aliphatic carbocycles. The van der Waals surface area contributed by atoms with Crippen molar-refractivity contribution in [1.29, 1.82) is 0 Å². The second kappa shape index (κ2) is 2.52. The Morgan fingerprint density at radius 1 is 1.67 bits per heavy atom. The average molecular weight is 163 g/mol. The Bertz CT molecular complexity index is 272. The molecule has 64 valence electrons. The van der Waals surface area contributed by atoms with Crippen LogP contribution in [0.4, 0.5) is 0 Å². The van der Waals surface area contributed by atoms with Crippen LogP contribution in [0.5, 0.6) is 0 Å². The van der Waals surface area contributed by atoms with Crippen LogP contribution in [-0.4, -0.2) is 16.5 Å². The Morgan fingerprint density at radius 2 is 2.50 bits per heavy atom. The molecule has 1 aliphatic rings. The van der Waals surface area contributed by atoms with Crippen molar-refractivity contribution in [1.82, 2.24) is 9.97 Å². The lowest BCUT2D eigenvalue weighted by Crippen LogP contribution is -2.13. The molecule has 1 aromatic heterocycles. The zero-order valence-corrected chi connectivity index (χ0v) is 7.20. The first-order valence-electron chi connectivity index (χ1n) is 4.24. The first kappa shape index (κ1) is 7.68. The highest BCUT2D eigenvalue weighted by Crippen LogP contribution is 2.52. The van der Waals surface area contributed by atoms with E-state index in [1.807, 2.05) is 6.20 Å². The average Bonchev–Trinajstić information content (AvgIpc) is 2.81. The fourth-order valence-electron chi connectivity index (χ4n) is 1.70. The van der Waals surface area contributed by atoms with E-state index in [2.05, 4.69) is 16.9 Å². The lowest BCUT2D eigenvalue weighted by molar-refractivity contribution is 0.642. The van der Waals surface area contributed by atoms with Crippen LogP contribution >= 0.6 is 0 Å². The molecule has 1 heterocycles. The summed E-state index contributed by atoms with van der Waals surface area (Å²) in [5.74, 6) is 0.606. The van der Waals surface area contributed by atoms with Crippen LogP contribution in [0.2, 0.25) is 0 Å². The van der Waals surface area contributed by atoms with E-state index in [4.69, 9.17) is 5.73 Å². The van der Waals surface area contributed by atoms with Crippen molar-refractivity contribution in [2.75, 3.05) is 6.54 Å². The molecular weight excluding hydrogens is 150 g/mol. The number of hydrogen-bond acceptors (Lipinski definition) is 3. The van der Waals surface area contributed by atoms with E-state index >= 15 is 0 Å². The van der Waals surface area contributed by atoms with Gasteiger partial charge in [-0.1, -0.05) is 6.92 Å². The van der Waals surface area contributed by atoms with Crippen molar-refractivity contribution in [2.45, 2.75) is 18.8 Å². The third-order valence-corrected chi connectivity index (χ3v) is 2.84. The molecule has 0 amide bonds. The van der Waals surface area contributed by atoms with E-state index in [1.54, 1.807) is 12.4 Å². The summed E-state index contributed by atoms with van der Waals surface area (Å²) in [6.45, 7) is 2.96. The first-order chi connectivity index (χ1) is 5.77. The molecule has 3 heteroatoms. The molecule has 1 aromatic rings. The van der Waals surface area contributed by atoms with Crippen LogP contribution in [0.3, 0.4) is 0 Å². The van der Waals surface area contributed by atoms with Crippen molar-refractivity contribution in [3.05, 3.63) is 24.3 Å². The highest BCUT2D eigenvalue weighted by molar-refractivity contribution is 5.24. The smallest absolute Gasteiger partial charge is 0.0648 e. The predicted molar refractivity (Wildman–Crippen MR) is 46.5 cm³/mol. The zero-order chi connectivity index (χ0) is 8.60. The second-order valence-corrected chi connectivity index (χ2v) is 3.64. The monoisotopic (exact) mass is 163 g/mol. The van der Waals surface area contributed by atoms with E-state index in [1.165, 1.54) is 0 Å². The first-order valence-corrected chi connectivity index (χ1v) is 4.24. The summed E-state index contributed by atoms with van der Waals surface area (Å²) in [5, 5.41) is 0. The van der Waals surface area contributed by atoms with Gasteiger partial charge in [-0.3, -0.25) is 9.97 Å². The predicted octanol–water partition coefficient (Wildman–Crippen LogP) is 0.713. The summed E-state index contributed by atoms with van der Waals surface area (Å²) in [7, 11) is 0. The van der Waals surface area contributed by atoms with E-state index in [0.29, 0.717) is 5.92 Å². The quantitative estimate of drug-likeness (QED) is 0.698. The van der Waals surface area contributed by atoms with E-state index < -0.39 is 0 Å². The number of nitrogens with zero attached hydrogens (tertiary/aromatic N) is 2. The molecule has 1 saturated carbocycles. The third kappa shape index (κ3) is 1.01. The minimum absolute atomic E-state index is 0.211. The Balaban J connectivity index is 2.23. The van der Waals surface area contributed by atoms with Crippen LogP contribution < -0.4 is 5.73 Å². The highest BCUT2D eigenvalue weighted by atomic mass is 14.8. The molecule has 0 aromatic carbocycles. The maximum absolute atomic E-state index is 5.60. The van der Waals surface area contributed by atoms with E-state index in [-0.39, 0.29) is 5.41 Å². The maximum Gasteiger partial charge on any atom is 0.0648 e. The molecule has 2 rings (SSSR count). The van der Waals surface area contributed by atoms with Gasteiger partial charge < -0.3 is 5.73 Å². The Labute approximate surface area is 72.0 Å². The molecule has 2 N–H and O–H groups in total. The SMILES string of the molecule is CC1(c2cnccn2)CC1CN. The van der Waals surface area contributed by atoms with Gasteiger partial charge in [0.05, 0.1) is 5.69 Å². The summed E-state index contributed by atoms with van der Waals surface area (Å²) in [5.41, 5.74) is 6.89. The van der Waals surface area contributed by atoms with Gasteiger partial charge in [-0.2, -0.15) is 0 Å². The number of nitrogens with two attached hydrogens (primary N) is 1. The minimum atomic E-state index is 0.211. The fourth-order valence-corrected chi connectivity index (χ4v) is 1.70. The van der Waals surface area contributed by atoms with Crippen molar-refractivity contribution in [3.63, 3.8) is 0 Å². The van der Waals surface area contributed by atoms with Crippen molar-refractivity contribution >= 4 is 0 Å². The molecule has 2 unspecified atom stereocenters. The molecule has 12 heavy (non-hydrogen) atoms. The lowest BCUT2D eigenvalue weighted by Gasteiger charge is -2.07. The standard InChI is InChI=1S/C9H13N3/c1-9(4-7(9)5-10)8-6-11-2-3-12-8/h2-3,6-7H,4-5,10H2,1H3. The number of rotatable bonds is 2. The van der Waals surface area contributed by atoms with Gasteiger partial charge in [0.2, 0.25) is 0 Å². The Hall–Kier alpha value is -0.960. The minimum Gasteiger partial charge on any atom is -0.330 e.